The lowest BCUT2D eigenvalue weighted by Gasteiger charge is -2.13. The topological polar surface area (TPSA) is 67.2 Å². The summed E-state index contributed by atoms with van der Waals surface area (Å²) in [7, 11) is 0. The molecular weight excluding hydrogens is 273 g/mol. The fraction of sp³-hybridized carbons (Fsp3) is 0.333. The second-order valence-corrected chi connectivity index (χ2v) is 4.79. The highest BCUT2D eigenvalue weighted by molar-refractivity contribution is 5.95. The molecule has 0 spiro atoms. The summed E-state index contributed by atoms with van der Waals surface area (Å²) in [5, 5.41) is 16.0. The van der Waals surface area contributed by atoms with Crippen molar-refractivity contribution in [1.29, 1.82) is 0 Å². The molecule has 2 rings (SSSR count). The second-order valence-electron chi connectivity index (χ2n) is 4.79. The van der Waals surface area contributed by atoms with Crippen LogP contribution in [0.25, 0.3) is 5.69 Å². The normalized spacial score (nSPS) is 12.2. The van der Waals surface area contributed by atoms with Crippen molar-refractivity contribution >= 4 is 5.91 Å². The molecule has 1 unspecified atom stereocenters. The van der Waals surface area contributed by atoms with Gasteiger partial charge in [0.25, 0.3) is 5.91 Å². The molecule has 0 fully saturated rings. The highest BCUT2D eigenvalue weighted by Gasteiger charge is 2.17. The van der Waals surface area contributed by atoms with Gasteiger partial charge >= 0.3 is 0 Å². The molecule has 1 atom stereocenters. The molecule has 0 radical (unpaired) electrons. The summed E-state index contributed by atoms with van der Waals surface area (Å²) in [6, 6.07) is 5.61. The average Bonchev–Trinajstić information content (AvgIpc) is 2.87. The van der Waals surface area contributed by atoms with Crippen LogP contribution in [-0.2, 0) is 0 Å². The minimum Gasteiger partial charge on any atom is -0.394 e. The van der Waals surface area contributed by atoms with Crippen LogP contribution < -0.4 is 5.32 Å². The van der Waals surface area contributed by atoms with Crippen molar-refractivity contribution in [3.8, 4) is 5.69 Å². The van der Waals surface area contributed by atoms with Crippen LogP contribution in [0.1, 0.15) is 29.4 Å². The maximum absolute atomic E-state index is 12.9. The fourth-order valence-electron chi connectivity index (χ4n) is 2.02. The van der Waals surface area contributed by atoms with Crippen LogP contribution in [0, 0.1) is 12.7 Å². The van der Waals surface area contributed by atoms with Crippen molar-refractivity contribution in [3.05, 3.63) is 47.5 Å². The summed E-state index contributed by atoms with van der Waals surface area (Å²) < 4.78 is 14.5. The highest BCUT2D eigenvalue weighted by Crippen LogP contribution is 2.15. The van der Waals surface area contributed by atoms with Crippen molar-refractivity contribution in [2.24, 2.45) is 0 Å². The Balaban J connectivity index is 2.24. The molecule has 0 aliphatic heterocycles. The van der Waals surface area contributed by atoms with Crippen LogP contribution in [0.5, 0.6) is 0 Å². The molecule has 1 aromatic heterocycles. The number of hydrogen-bond donors (Lipinski definition) is 2. The first kappa shape index (κ1) is 15.2. The molecule has 1 aromatic carbocycles. The molecule has 0 saturated carbocycles. The van der Waals surface area contributed by atoms with E-state index in [1.165, 1.54) is 18.3 Å². The predicted molar refractivity (Wildman–Crippen MR) is 76.9 cm³/mol. The van der Waals surface area contributed by atoms with Crippen molar-refractivity contribution < 1.29 is 14.3 Å². The smallest absolute Gasteiger partial charge is 0.255 e. The number of nitrogens with zero attached hydrogens (tertiary/aromatic N) is 2. The van der Waals surface area contributed by atoms with Gasteiger partial charge in [-0.25, -0.2) is 9.07 Å². The van der Waals surface area contributed by atoms with Gasteiger partial charge in [0.05, 0.1) is 35.8 Å². The van der Waals surface area contributed by atoms with Gasteiger partial charge in [-0.1, -0.05) is 6.92 Å². The third kappa shape index (κ3) is 3.28. The molecule has 1 heterocycles. The van der Waals surface area contributed by atoms with Crippen molar-refractivity contribution in [2.75, 3.05) is 6.61 Å². The Morgan fingerprint density at radius 2 is 2.10 bits per heavy atom. The molecule has 0 aliphatic carbocycles. The molecule has 2 aromatic rings. The van der Waals surface area contributed by atoms with Crippen LogP contribution in [0.15, 0.2) is 30.5 Å². The number of carbonyl (C=O) groups is 1. The van der Waals surface area contributed by atoms with Crippen LogP contribution in [0.3, 0.4) is 0 Å². The molecular formula is C15H18FN3O2. The molecule has 6 heteroatoms. The summed E-state index contributed by atoms with van der Waals surface area (Å²) in [6.07, 6.45) is 2.12. The van der Waals surface area contributed by atoms with E-state index in [1.807, 2.05) is 6.92 Å². The van der Waals surface area contributed by atoms with E-state index in [0.717, 1.165) is 0 Å². The van der Waals surface area contributed by atoms with Crippen molar-refractivity contribution in [1.82, 2.24) is 15.1 Å². The highest BCUT2D eigenvalue weighted by atomic mass is 19.1. The number of amides is 1. The Bertz CT molecular complexity index is 618. The van der Waals surface area contributed by atoms with Crippen LogP contribution in [0.2, 0.25) is 0 Å². The minimum atomic E-state index is -0.324. The molecule has 1 amide bonds. The van der Waals surface area contributed by atoms with E-state index in [2.05, 4.69) is 10.4 Å². The number of carbonyl (C=O) groups excluding carboxylic acids is 1. The van der Waals surface area contributed by atoms with Gasteiger partial charge in [0.2, 0.25) is 0 Å². The van der Waals surface area contributed by atoms with E-state index in [9.17, 15) is 9.18 Å². The van der Waals surface area contributed by atoms with E-state index in [4.69, 9.17) is 5.11 Å². The standard InChI is InChI=1S/C15H18FN3O2/c1-3-12(9-20)18-15(21)14-8-17-19(10(14)2)13-6-4-11(16)5-7-13/h4-8,12,20H,3,9H2,1-2H3,(H,18,21). The predicted octanol–water partition coefficient (Wildman–Crippen LogP) is 1.82. The van der Waals surface area contributed by atoms with Crippen molar-refractivity contribution in [3.63, 3.8) is 0 Å². The monoisotopic (exact) mass is 291 g/mol. The van der Waals surface area contributed by atoms with Crippen LogP contribution >= 0.6 is 0 Å². The first-order valence-electron chi connectivity index (χ1n) is 6.79. The molecule has 2 N–H and O–H groups in total. The summed E-state index contributed by atoms with van der Waals surface area (Å²) in [6.45, 7) is 3.55. The number of hydrogen-bond acceptors (Lipinski definition) is 3. The van der Waals surface area contributed by atoms with Gasteiger partial charge in [-0.2, -0.15) is 5.10 Å². The summed E-state index contributed by atoms with van der Waals surface area (Å²) in [4.78, 5) is 12.2. The van der Waals surface area contributed by atoms with Gasteiger partial charge in [0.1, 0.15) is 5.82 Å². The number of rotatable bonds is 5. The quantitative estimate of drug-likeness (QED) is 0.883. The van der Waals surface area contributed by atoms with Crippen LogP contribution in [0.4, 0.5) is 4.39 Å². The minimum absolute atomic E-state index is 0.104. The molecule has 0 bridgehead atoms. The third-order valence-corrected chi connectivity index (χ3v) is 3.37. The number of aliphatic hydroxyl groups excluding tert-OH is 1. The Morgan fingerprint density at radius 3 is 2.67 bits per heavy atom. The van der Waals surface area contributed by atoms with Gasteiger partial charge in [-0.15, -0.1) is 0 Å². The second kappa shape index (κ2) is 6.49. The maximum Gasteiger partial charge on any atom is 0.255 e. The lowest BCUT2D eigenvalue weighted by Crippen LogP contribution is -2.37. The van der Waals surface area contributed by atoms with Gasteiger partial charge in [0.15, 0.2) is 0 Å². The molecule has 0 saturated heterocycles. The number of benzene rings is 1. The SMILES string of the molecule is CCC(CO)NC(=O)c1cnn(-c2ccc(F)cc2)c1C. The van der Waals surface area contributed by atoms with E-state index >= 15 is 0 Å². The number of halogens is 1. The van der Waals surface area contributed by atoms with Gasteiger partial charge in [-0.05, 0) is 37.6 Å². The van der Waals surface area contributed by atoms with E-state index in [-0.39, 0.29) is 24.4 Å². The Labute approximate surface area is 122 Å². The van der Waals surface area contributed by atoms with E-state index < -0.39 is 0 Å². The average molecular weight is 291 g/mol. The fourth-order valence-corrected chi connectivity index (χ4v) is 2.02. The van der Waals surface area contributed by atoms with E-state index in [0.29, 0.717) is 23.4 Å². The lowest BCUT2D eigenvalue weighted by molar-refractivity contribution is 0.0914. The van der Waals surface area contributed by atoms with Crippen molar-refractivity contribution in [2.45, 2.75) is 26.3 Å². The largest absolute Gasteiger partial charge is 0.394 e. The number of aliphatic hydroxyl groups is 1. The number of aromatic nitrogens is 2. The summed E-state index contributed by atoms with van der Waals surface area (Å²) >= 11 is 0. The van der Waals surface area contributed by atoms with E-state index in [1.54, 1.807) is 23.7 Å². The zero-order valence-electron chi connectivity index (χ0n) is 12.0. The summed E-state index contributed by atoms with van der Waals surface area (Å²) in [5.41, 5.74) is 1.78. The Kier molecular flexibility index (Phi) is 4.70. The molecule has 21 heavy (non-hydrogen) atoms. The van der Waals surface area contributed by atoms with Gasteiger partial charge in [0, 0.05) is 0 Å². The lowest BCUT2D eigenvalue weighted by atomic mass is 10.2. The molecule has 0 aliphatic rings. The number of nitrogens with one attached hydrogen (secondary N) is 1. The third-order valence-electron chi connectivity index (χ3n) is 3.37. The Hall–Kier alpha value is -2.21. The molecule has 5 nitrogen and oxygen atoms in total. The summed E-state index contributed by atoms with van der Waals surface area (Å²) in [5.74, 6) is -0.600. The first-order valence-corrected chi connectivity index (χ1v) is 6.79. The maximum atomic E-state index is 12.9. The van der Waals surface area contributed by atoms with Gasteiger partial charge < -0.3 is 10.4 Å². The van der Waals surface area contributed by atoms with Crippen LogP contribution in [-0.4, -0.2) is 33.4 Å². The zero-order valence-corrected chi connectivity index (χ0v) is 12.0. The molecule has 112 valence electrons. The zero-order chi connectivity index (χ0) is 15.4. The first-order chi connectivity index (χ1) is 10.1. The van der Waals surface area contributed by atoms with Gasteiger partial charge in [-0.3, -0.25) is 4.79 Å². The Morgan fingerprint density at radius 1 is 1.43 bits per heavy atom.